The lowest BCUT2D eigenvalue weighted by Gasteiger charge is -2.14. The molecular formula is C77H98N15O10P. The predicted octanol–water partition coefficient (Wildman–Crippen LogP) is 11.4. The minimum Gasteiger partial charge on any atom is -0.508 e. The zero-order chi connectivity index (χ0) is 73.3. The van der Waals surface area contributed by atoms with Gasteiger partial charge < -0.3 is 82.2 Å². The lowest BCUT2D eigenvalue weighted by Crippen LogP contribution is -2.10. The van der Waals surface area contributed by atoms with E-state index >= 15 is 0 Å². The van der Waals surface area contributed by atoms with E-state index in [1.807, 2.05) is 55.5 Å². The van der Waals surface area contributed by atoms with Crippen molar-refractivity contribution in [2.75, 3.05) is 76.5 Å². The van der Waals surface area contributed by atoms with Crippen LogP contribution < -0.4 is 38.9 Å². The number of anilines is 3. The van der Waals surface area contributed by atoms with Crippen molar-refractivity contribution in [3.05, 3.63) is 171 Å². The van der Waals surface area contributed by atoms with Gasteiger partial charge in [0.15, 0.2) is 29.0 Å². The van der Waals surface area contributed by atoms with Crippen LogP contribution in [0, 0.1) is 13.8 Å². The molecule has 6 heterocycles. The molecule has 26 heteroatoms. The van der Waals surface area contributed by atoms with E-state index in [2.05, 4.69) is 73.7 Å². The van der Waals surface area contributed by atoms with Crippen LogP contribution in [0.1, 0.15) is 121 Å². The number of phenolic OH excluding ortho intramolecular Hbond substituents is 3. The Morgan fingerprint density at radius 2 is 0.806 bits per heavy atom. The molecule has 6 aromatic carbocycles. The first-order chi connectivity index (χ1) is 49.7. The number of ether oxygens (including phenoxy) is 3. The van der Waals surface area contributed by atoms with Gasteiger partial charge in [0.25, 0.3) is 0 Å². The Balaban J connectivity index is 0.000000166. The van der Waals surface area contributed by atoms with E-state index in [9.17, 15) is 29.7 Å². The molecule has 0 amide bonds. The fourth-order valence-electron chi connectivity index (χ4n) is 12.8. The Kier molecular flexibility index (Phi) is 26.3. The first-order valence-electron chi connectivity index (χ1n) is 35.4. The summed E-state index contributed by atoms with van der Waals surface area (Å²) in [7, 11) is -4.64. The van der Waals surface area contributed by atoms with Gasteiger partial charge in [0.1, 0.15) is 45.5 Å². The van der Waals surface area contributed by atoms with E-state index in [4.69, 9.17) is 68.1 Å². The van der Waals surface area contributed by atoms with E-state index in [1.165, 1.54) is 11.6 Å². The monoisotopic (exact) mass is 1420 g/mol. The lowest BCUT2D eigenvalue weighted by atomic mass is 10.1. The smallest absolute Gasteiger partial charge is 0.508 e. The van der Waals surface area contributed by atoms with Gasteiger partial charge in [-0.2, -0.15) is 0 Å². The number of phenols is 3. The maximum Gasteiger partial charge on any atom is 0.524 e. The van der Waals surface area contributed by atoms with Gasteiger partial charge in [-0.3, -0.25) is 9.79 Å². The van der Waals surface area contributed by atoms with Gasteiger partial charge in [0.05, 0.1) is 79.3 Å². The Labute approximate surface area is 599 Å². The zero-order valence-corrected chi connectivity index (χ0v) is 60.5. The molecule has 17 N–H and O–H groups in total. The number of rotatable bonds is 32. The van der Waals surface area contributed by atoms with Crippen LogP contribution in [-0.4, -0.2) is 128 Å². The molecule has 0 atom stereocenters. The molecule has 0 aliphatic heterocycles. The van der Waals surface area contributed by atoms with Crippen molar-refractivity contribution >= 4 is 91.1 Å². The normalized spacial score (nSPS) is 11.7. The number of nitrogen functional groups attached to an aromatic ring is 3. The second-order valence-corrected chi connectivity index (χ2v) is 27.0. The molecule has 0 saturated heterocycles. The first kappa shape index (κ1) is 76.1. The molecule has 103 heavy (non-hydrogen) atoms. The number of nitrogens with two attached hydrogens (primary N) is 6. The lowest BCUT2D eigenvalue weighted by molar-refractivity contribution is 0.144. The highest BCUT2D eigenvalue weighted by Crippen LogP contribution is 2.41. The van der Waals surface area contributed by atoms with E-state index in [-0.39, 0.29) is 17.2 Å². The van der Waals surface area contributed by atoms with E-state index in [0.29, 0.717) is 124 Å². The molecule has 12 aromatic rings. The SMILES string of the molecule is CCCCc1nc2c(N)nc3ccc(CCOCCN)cc3c2n1Cc1ccc(O)c(C)c1.CCCCc1nc2c(N)nc3ccc(CCOCCN)cc3c2n1Cc1ccc(OP(=O)(O)O)c(C)c1.CCCCc1nc2c(N)nc3ccc(CCOCCN)cc3c2n1Cc1cccc(O)c1O. The van der Waals surface area contributed by atoms with Crippen LogP contribution in [0.2, 0.25) is 0 Å². The number of imidazole rings is 3. The minimum absolute atomic E-state index is 0.120. The largest absolute Gasteiger partial charge is 0.524 e. The number of hydrogen-bond acceptors (Lipinski definition) is 20. The highest BCUT2D eigenvalue weighted by atomic mass is 31.2. The molecule has 25 nitrogen and oxygen atoms in total. The summed E-state index contributed by atoms with van der Waals surface area (Å²) in [6, 6.07) is 34.5. The van der Waals surface area contributed by atoms with Gasteiger partial charge >= 0.3 is 7.82 Å². The zero-order valence-electron chi connectivity index (χ0n) is 59.6. The molecule has 6 aromatic heterocycles. The van der Waals surface area contributed by atoms with Crippen molar-refractivity contribution in [2.24, 2.45) is 17.2 Å². The van der Waals surface area contributed by atoms with E-state index in [1.54, 1.807) is 37.3 Å². The standard InChI is InChI=1S/C26H34N5O5P.C26H33N5O2.C25H31N5O3/c1-3-4-5-23-30-24-25(31(23)16-19-7-9-22(17(2)14-19)36-37(32,33)34)20-15-18(10-12-35-13-11-27)6-8-21(20)29-26(24)28;1-3-4-5-23-30-24-25(31(23)16-19-7-9-22(32)17(2)14-19)20-15-18(10-12-33-13-11-27)6-8-21(20)29-26(24)28;1-2-3-7-21-29-22-23(30(21)15-17-5-4-6-20(31)24(17)32)18-14-16(10-12-33-13-11-26)8-9-19(18)28-25(22)27/h6-9,14-15H,3-5,10-13,16,27H2,1-2H3,(H2,28,29)(H2,32,33,34);6-9,14-15,32H,3-5,10-13,16,27H2,1-2H3,(H2,28,29);4-6,8-9,14,31-32H,2-3,7,10-13,15,26H2,1H3,(H2,27,28). The Morgan fingerprint density at radius 1 is 0.427 bits per heavy atom. The number of fused-ring (bicyclic) bond motifs is 9. The second-order valence-electron chi connectivity index (χ2n) is 25.8. The third kappa shape index (κ3) is 18.8. The molecule has 0 radical (unpaired) electrons. The summed E-state index contributed by atoms with van der Waals surface area (Å²) in [5, 5.41) is 33.4. The Morgan fingerprint density at radius 3 is 1.17 bits per heavy atom. The number of hydrogen-bond donors (Lipinski definition) is 11. The topological polar surface area (TPSA) is 403 Å². The summed E-state index contributed by atoms with van der Waals surface area (Å²) in [5.41, 5.74) is 50.5. The highest BCUT2D eigenvalue weighted by molar-refractivity contribution is 7.46. The molecule has 0 saturated carbocycles. The molecular weight excluding hydrogens is 1330 g/mol. The summed E-state index contributed by atoms with van der Waals surface area (Å²) in [6.45, 7) is 16.6. The third-order valence-electron chi connectivity index (χ3n) is 18.0. The van der Waals surface area contributed by atoms with Crippen LogP contribution in [-0.2, 0) is 76.9 Å². The third-order valence-corrected chi connectivity index (χ3v) is 18.5. The molecule has 0 aliphatic rings. The molecule has 0 bridgehead atoms. The number of para-hydroxylation sites is 1. The number of benzene rings is 6. The quantitative estimate of drug-likeness (QED) is 0.0106. The number of aromatic hydroxyl groups is 3. The van der Waals surface area contributed by atoms with Gasteiger partial charge in [-0.25, -0.2) is 34.5 Å². The molecule has 0 aliphatic carbocycles. The van der Waals surface area contributed by atoms with E-state index in [0.717, 1.165) is 177 Å². The van der Waals surface area contributed by atoms with E-state index < -0.39 is 7.82 Å². The molecule has 0 spiro atoms. The number of unbranched alkanes of at least 4 members (excludes halogenated alkanes) is 3. The van der Waals surface area contributed by atoms with Gasteiger partial charge in [-0.1, -0.05) is 94.6 Å². The van der Waals surface area contributed by atoms with Crippen molar-refractivity contribution in [3.63, 3.8) is 0 Å². The maximum absolute atomic E-state index is 11.3. The number of pyridine rings is 3. The second kappa shape index (κ2) is 35.6. The summed E-state index contributed by atoms with van der Waals surface area (Å²) in [6.07, 6.45) is 10.9. The number of aryl methyl sites for hydroxylation is 5. The predicted molar refractivity (Wildman–Crippen MR) is 409 cm³/mol. The average molecular weight is 1420 g/mol. The summed E-state index contributed by atoms with van der Waals surface area (Å²) < 4.78 is 39.3. The molecule has 0 fully saturated rings. The molecule has 12 rings (SSSR count). The summed E-state index contributed by atoms with van der Waals surface area (Å²) >= 11 is 0. The van der Waals surface area contributed by atoms with Gasteiger partial charge in [-0.05, 0) is 146 Å². The Hall–Kier alpha value is -9.53. The maximum atomic E-state index is 11.3. The van der Waals surface area contributed by atoms with Crippen molar-refractivity contribution in [2.45, 2.75) is 131 Å². The summed E-state index contributed by atoms with van der Waals surface area (Å²) in [4.78, 5) is 46.9. The van der Waals surface area contributed by atoms with Gasteiger partial charge in [0, 0.05) is 73.7 Å². The first-order valence-corrected chi connectivity index (χ1v) is 37.0. The van der Waals surface area contributed by atoms with Crippen LogP contribution in [0.5, 0.6) is 23.0 Å². The van der Waals surface area contributed by atoms with Crippen LogP contribution in [0.25, 0.3) is 65.8 Å². The van der Waals surface area contributed by atoms with Crippen molar-refractivity contribution in [1.29, 1.82) is 0 Å². The van der Waals surface area contributed by atoms with Crippen molar-refractivity contribution in [1.82, 2.24) is 43.6 Å². The molecule has 546 valence electrons. The highest BCUT2D eigenvalue weighted by Gasteiger charge is 2.24. The number of nitrogens with zero attached hydrogens (tertiary/aromatic N) is 9. The van der Waals surface area contributed by atoms with Crippen LogP contribution in [0.15, 0.2) is 109 Å². The van der Waals surface area contributed by atoms with Crippen molar-refractivity contribution in [3.8, 4) is 23.0 Å². The van der Waals surface area contributed by atoms with Gasteiger partial charge in [0.2, 0.25) is 0 Å². The number of aromatic nitrogens is 9. The van der Waals surface area contributed by atoms with Crippen LogP contribution in [0.4, 0.5) is 17.5 Å². The van der Waals surface area contributed by atoms with Crippen LogP contribution in [0.3, 0.4) is 0 Å². The van der Waals surface area contributed by atoms with Crippen LogP contribution >= 0.6 is 7.82 Å². The number of phosphoric acid groups is 1. The fraction of sp³-hybridized carbons (Fsp3) is 0.377. The van der Waals surface area contributed by atoms with Crippen molar-refractivity contribution < 1.29 is 48.4 Å². The minimum atomic E-state index is -4.64. The Bertz CT molecular complexity index is 4960. The molecule has 0 unspecified atom stereocenters. The fourth-order valence-corrected chi connectivity index (χ4v) is 13.3. The number of phosphoric ester groups is 1. The van der Waals surface area contributed by atoms with Gasteiger partial charge in [-0.15, -0.1) is 0 Å². The average Bonchev–Trinajstić information content (AvgIpc) is 1.64. The summed E-state index contributed by atoms with van der Waals surface area (Å²) in [5.74, 6) is 4.23.